The van der Waals surface area contributed by atoms with Crippen molar-refractivity contribution < 1.29 is 14.3 Å². The molecule has 1 amide bonds. The summed E-state index contributed by atoms with van der Waals surface area (Å²) >= 11 is 0. The van der Waals surface area contributed by atoms with Gasteiger partial charge in [-0.2, -0.15) is 5.10 Å². The van der Waals surface area contributed by atoms with Crippen molar-refractivity contribution in [1.29, 1.82) is 0 Å². The number of nitrogens with one attached hydrogen (secondary N) is 1. The number of aryl methyl sites for hydroxylation is 1. The molecule has 0 saturated carbocycles. The van der Waals surface area contributed by atoms with Gasteiger partial charge in [-0.15, -0.1) is 0 Å². The third-order valence-electron chi connectivity index (χ3n) is 4.16. The molecule has 0 aliphatic rings. The second-order valence-electron chi connectivity index (χ2n) is 6.65. The molecule has 2 rings (SSSR count). The van der Waals surface area contributed by atoms with E-state index in [1.165, 1.54) is 38.2 Å². The first kappa shape index (κ1) is 21.5. The van der Waals surface area contributed by atoms with Crippen LogP contribution in [0.25, 0.3) is 0 Å². The number of hydrogen-bond acceptors (Lipinski definition) is 4. The van der Waals surface area contributed by atoms with E-state index in [-0.39, 0.29) is 5.91 Å². The lowest BCUT2D eigenvalue weighted by Gasteiger charge is -2.09. The van der Waals surface area contributed by atoms with Crippen LogP contribution < -0.4 is 14.9 Å². The summed E-state index contributed by atoms with van der Waals surface area (Å²) in [6.07, 6.45) is 7.83. The van der Waals surface area contributed by atoms with Crippen LogP contribution in [0.4, 0.5) is 0 Å². The standard InChI is InChI=1S/C23H30N2O3/c1-3-4-5-6-8-20-11-13-22(14-12-20)27-15-16-28-23-10-7-9-21(17-23)18-24-25-19(2)26/h7,9-14,17-18H,3-6,8,15-16H2,1-2H3,(H,25,26)/b24-18+. The SMILES string of the molecule is CCCCCCc1ccc(OCCOc2cccc(/C=N/NC(C)=O)c2)cc1. The maximum Gasteiger partial charge on any atom is 0.236 e. The highest BCUT2D eigenvalue weighted by atomic mass is 16.5. The van der Waals surface area contributed by atoms with Crippen molar-refractivity contribution in [2.45, 2.75) is 46.0 Å². The summed E-state index contributed by atoms with van der Waals surface area (Å²) in [5, 5.41) is 3.85. The average Bonchev–Trinajstić information content (AvgIpc) is 2.70. The van der Waals surface area contributed by atoms with Gasteiger partial charge in [0.15, 0.2) is 0 Å². The van der Waals surface area contributed by atoms with E-state index in [4.69, 9.17) is 9.47 Å². The van der Waals surface area contributed by atoms with Crippen molar-refractivity contribution >= 4 is 12.1 Å². The van der Waals surface area contributed by atoms with Gasteiger partial charge in [-0.05, 0) is 48.2 Å². The minimum atomic E-state index is -0.203. The number of hydrazone groups is 1. The molecule has 0 saturated heterocycles. The Morgan fingerprint density at radius 3 is 2.46 bits per heavy atom. The van der Waals surface area contributed by atoms with Crippen LogP contribution in [0, 0.1) is 0 Å². The molecule has 0 heterocycles. The molecule has 2 aromatic carbocycles. The van der Waals surface area contributed by atoms with Gasteiger partial charge in [0.2, 0.25) is 5.91 Å². The first-order valence-electron chi connectivity index (χ1n) is 9.91. The van der Waals surface area contributed by atoms with Crippen molar-refractivity contribution in [3.8, 4) is 11.5 Å². The number of benzene rings is 2. The molecule has 0 unspecified atom stereocenters. The molecule has 1 N–H and O–H groups in total. The second kappa shape index (κ2) is 12.5. The van der Waals surface area contributed by atoms with Gasteiger partial charge in [-0.25, -0.2) is 5.43 Å². The molecule has 0 atom stereocenters. The van der Waals surface area contributed by atoms with Gasteiger partial charge in [0, 0.05) is 6.92 Å². The number of carbonyl (C=O) groups excluding carboxylic acids is 1. The smallest absolute Gasteiger partial charge is 0.236 e. The summed E-state index contributed by atoms with van der Waals surface area (Å²) < 4.78 is 11.5. The summed E-state index contributed by atoms with van der Waals surface area (Å²) in [6.45, 7) is 4.57. The topological polar surface area (TPSA) is 59.9 Å². The van der Waals surface area contributed by atoms with Crippen LogP contribution >= 0.6 is 0 Å². The maximum absolute atomic E-state index is 10.8. The Hall–Kier alpha value is -2.82. The number of amides is 1. The van der Waals surface area contributed by atoms with Crippen LogP contribution in [-0.2, 0) is 11.2 Å². The molecule has 150 valence electrons. The van der Waals surface area contributed by atoms with Crippen LogP contribution in [-0.4, -0.2) is 25.3 Å². The maximum atomic E-state index is 10.8. The molecule has 0 aromatic heterocycles. The van der Waals surface area contributed by atoms with Crippen LogP contribution in [0.3, 0.4) is 0 Å². The quantitative estimate of drug-likeness (QED) is 0.328. The third kappa shape index (κ3) is 8.71. The molecule has 0 spiro atoms. The van der Waals surface area contributed by atoms with E-state index in [1.54, 1.807) is 6.21 Å². The Balaban J connectivity index is 1.69. The van der Waals surface area contributed by atoms with Gasteiger partial charge in [-0.3, -0.25) is 4.79 Å². The molecular formula is C23H30N2O3. The summed E-state index contributed by atoms with van der Waals surface area (Å²) in [4.78, 5) is 10.8. The van der Waals surface area contributed by atoms with Crippen molar-refractivity contribution in [3.63, 3.8) is 0 Å². The number of rotatable bonds is 12. The molecule has 5 nitrogen and oxygen atoms in total. The van der Waals surface area contributed by atoms with E-state index in [0.717, 1.165) is 23.5 Å². The van der Waals surface area contributed by atoms with Gasteiger partial charge in [0.05, 0.1) is 6.21 Å². The van der Waals surface area contributed by atoms with Gasteiger partial charge in [0.1, 0.15) is 24.7 Å². The predicted molar refractivity (Wildman–Crippen MR) is 113 cm³/mol. The van der Waals surface area contributed by atoms with Crippen molar-refractivity contribution in [2.24, 2.45) is 5.10 Å². The van der Waals surface area contributed by atoms with Crippen molar-refractivity contribution in [2.75, 3.05) is 13.2 Å². The number of nitrogens with zero attached hydrogens (tertiary/aromatic N) is 1. The first-order valence-corrected chi connectivity index (χ1v) is 9.91. The fraction of sp³-hybridized carbons (Fsp3) is 0.391. The van der Waals surface area contributed by atoms with E-state index in [1.807, 2.05) is 36.4 Å². The molecule has 0 aliphatic carbocycles. The van der Waals surface area contributed by atoms with Crippen molar-refractivity contribution in [3.05, 3.63) is 59.7 Å². The lowest BCUT2D eigenvalue weighted by molar-refractivity contribution is -0.118. The van der Waals surface area contributed by atoms with E-state index in [9.17, 15) is 4.79 Å². The second-order valence-corrected chi connectivity index (χ2v) is 6.65. The minimum absolute atomic E-state index is 0.203. The largest absolute Gasteiger partial charge is 0.490 e. The number of hydrogen-bond donors (Lipinski definition) is 1. The molecule has 28 heavy (non-hydrogen) atoms. The molecule has 0 aliphatic heterocycles. The van der Waals surface area contributed by atoms with Gasteiger partial charge in [-0.1, -0.05) is 50.5 Å². The summed E-state index contributed by atoms with van der Waals surface area (Å²) in [6, 6.07) is 15.8. The number of ether oxygens (including phenoxy) is 2. The van der Waals surface area contributed by atoms with Crippen LogP contribution in [0.5, 0.6) is 11.5 Å². The number of unbranched alkanes of at least 4 members (excludes halogenated alkanes) is 3. The van der Waals surface area contributed by atoms with Crippen LogP contribution in [0.2, 0.25) is 0 Å². The van der Waals surface area contributed by atoms with Gasteiger partial charge in [0.25, 0.3) is 0 Å². The van der Waals surface area contributed by atoms with E-state index >= 15 is 0 Å². The summed E-state index contributed by atoms with van der Waals surface area (Å²) in [5.41, 5.74) is 4.58. The minimum Gasteiger partial charge on any atom is -0.490 e. The monoisotopic (exact) mass is 382 g/mol. The molecular weight excluding hydrogens is 352 g/mol. The zero-order chi connectivity index (χ0) is 20.0. The fourth-order valence-corrected chi connectivity index (χ4v) is 2.71. The third-order valence-corrected chi connectivity index (χ3v) is 4.16. The molecule has 2 aromatic rings. The Kier molecular flexibility index (Phi) is 9.62. The highest BCUT2D eigenvalue weighted by Crippen LogP contribution is 2.15. The lowest BCUT2D eigenvalue weighted by Crippen LogP contribution is -2.12. The van der Waals surface area contributed by atoms with Gasteiger partial charge < -0.3 is 9.47 Å². The zero-order valence-electron chi connectivity index (χ0n) is 16.8. The predicted octanol–water partition coefficient (Wildman–Crippen LogP) is 4.74. The van der Waals surface area contributed by atoms with Gasteiger partial charge >= 0.3 is 0 Å². The highest BCUT2D eigenvalue weighted by Gasteiger charge is 1.99. The van der Waals surface area contributed by atoms with E-state index in [2.05, 4.69) is 29.6 Å². The summed E-state index contributed by atoms with van der Waals surface area (Å²) in [7, 11) is 0. The highest BCUT2D eigenvalue weighted by molar-refractivity contribution is 5.82. The Morgan fingerprint density at radius 2 is 1.75 bits per heavy atom. The molecule has 0 bridgehead atoms. The molecule has 0 radical (unpaired) electrons. The average molecular weight is 383 g/mol. The lowest BCUT2D eigenvalue weighted by atomic mass is 10.1. The van der Waals surface area contributed by atoms with Crippen LogP contribution in [0.15, 0.2) is 53.6 Å². The first-order chi connectivity index (χ1) is 13.7. The van der Waals surface area contributed by atoms with Crippen LogP contribution in [0.1, 0.15) is 50.7 Å². The number of carbonyl (C=O) groups is 1. The fourth-order valence-electron chi connectivity index (χ4n) is 2.71. The molecule has 0 fully saturated rings. The summed E-state index contributed by atoms with van der Waals surface area (Å²) in [5.74, 6) is 1.39. The molecule has 5 heteroatoms. The van der Waals surface area contributed by atoms with E-state index < -0.39 is 0 Å². The Bertz CT molecular complexity index is 742. The van der Waals surface area contributed by atoms with E-state index in [0.29, 0.717) is 13.2 Å². The zero-order valence-corrected chi connectivity index (χ0v) is 16.8. The van der Waals surface area contributed by atoms with Crippen molar-refractivity contribution in [1.82, 2.24) is 5.43 Å². The Morgan fingerprint density at radius 1 is 1.00 bits per heavy atom. The normalized spacial score (nSPS) is 10.8. The Labute approximate surface area is 167 Å².